The van der Waals surface area contributed by atoms with Crippen LogP contribution in [0.4, 0.5) is 0 Å². The third-order valence-corrected chi connectivity index (χ3v) is 2.83. The number of benzene rings is 1. The molecule has 0 aliphatic rings. The lowest BCUT2D eigenvalue weighted by Crippen LogP contribution is -2.34. The Labute approximate surface area is 90.3 Å². The molecule has 0 amide bonds. The Bertz CT molecular complexity index is 343. The molecule has 0 spiro atoms. The summed E-state index contributed by atoms with van der Waals surface area (Å²) in [4.78, 5) is 11.4. The minimum absolute atomic E-state index is 0.461. The van der Waals surface area contributed by atoms with Crippen molar-refractivity contribution in [1.82, 2.24) is 0 Å². The van der Waals surface area contributed by atoms with Crippen molar-refractivity contribution in [1.29, 1.82) is 0 Å². The maximum Gasteiger partial charge on any atom is 0.314 e. The van der Waals surface area contributed by atoms with Crippen LogP contribution in [0.1, 0.15) is 25.3 Å². The van der Waals surface area contributed by atoms with Gasteiger partial charge in [-0.05, 0) is 18.4 Å². The van der Waals surface area contributed by atoms with Gasteiger partial charge in [0.2, 0.25) is 0 Å². The summed E-state index contributed by atoms with van der Waals surface area (Å²) in [6.45, 7) is 5.53. The second kappa shape index (κ2) is 4.78. The molecule has 0 aliphatic heterocycles. The van der Waals surface area contributed by atoms with Crippen LogP contribution in [0.2, 0.25) is 0 Å². The summed E-state index contributed by atoms with van der Waals surface area (Å²) in [5.74, 6) is -0.781. The molecule has 0 saturated heterocycles. The first-order valence-electron chi connectivity index (χ1n) is 5.07. The van der Waals surface area contributed by atoms with Gasteiger partial charge < -0.3 is 5.11 Å². The van der Waals surface area contributed by atoms with Crippen LogP contribution in [0, 0.1) is 0 Å². The zero-order chi connectivity index (χ0) is 11.3. The predicted octanol–water partition coefficient (Wildman–Crippen LogP) is 3.00. The molecule has 80 valence electrons. The monoisotopic (exact) mass is 204 g/mol. The van der Waals surface area contributed by atoms with Gasteiger partial charge >= 0.3 is 5.97 Å². The molecule has 1 rings (SSSR count). The van der Waals surface area contributed by atoms with Gasteiger partial charge in [-0.25, -0.2) is 0 Å². The van der Waals surface area contributed by atoms with Gasteiger partial charge in [0.1, 0.15) is 0 Å². The van der Waals surface area contributed by atoms with Crippen molar-refractivity contribution < 1.29 is 9.90 Å². The number of carboxylic acids is 1. The van der Waals surface area contributed by atoms with Crippen LogP contribution in [0.5, 0.6) is 0 Å². The number of hydrogen-bond acceptors (Lipinski definition) is 1. The molecule has 0 bridgehead atoms. The van der Waals surface area contributed by atoms with Crippen molar-refractivity contribution in [2.24, 2.45) is 0 Å². The van der Waals surface area contributed by atoms with E-state index in [4.69, 9.17) is 0 Å². The Morgan fingerprint density at radius 3 is 2.47 bits per heavy atom. The van der Waals surface area contributed by atoms with E-state index < -0.39 is 11.4 Å². The topological polar surface area (TPSA) is 37.3 Å². The highest BCUT2D eigenvalue weighted by Gasteiger charge is 2.36. The van der Waals surface area contributed by atoms with Gasteiger partial charge in [0.05, 0.1) is 5.41 Å². The van der Waals surface area contributed by atoms with E-state index in [0.29, 0.717) is 12.8 Å². The van der Waals surface area contributed by atoms with Crippen molar-refractivity contribution in [3.8, 4) is 0 Å². The standard InChI is InChI=1S/C13H16O2/c1-3-10-13(4-2,12(14)15)11-8-6-5-7-9-11/h3,5-9H,1,4,10H2,2H3,(H,14,15). The summed E-state index contributed by atoms with van der Waals surface area (Å²) in [5.41, 5.74) is 0.0307. The minimum Gasteiger partial charge on any atom is -0.481 e. The highest BCUT2D eigenvalue weighted by Crippen LogP contribution is 2.32. The van der Waals surface area contributed by atoms with Gasteiger partial charge in [-0.15, -0.1) is 6.58 Å². The van der Waals surface area contributed by atoms with Gasteiger partial charge in [-0.2, -0.15) is 0 Å². The van der Waals surface area contributed by atoms with Crippen LogP contribution in [0.15, 0.2) is 43.0 Å². The third-order valence-electron chi connectivity index (χ3n) is 2.83. The van der Waals surface area contributed by atoms with Crippen LogP contribution >= 0.6 is 0 Å². The van der Waals surface area contributed by atoms with E-state index in [2.05, 4.69) is 6.58 Å². The quantitative estimate of drug-likeness (QED) is 0.748. The molecular weight excluding hydrogens is 188 g/mol. The van der Waals surface area contributed by atoms with Crippen molar-refractivity contribution in [2.75, 3.05) is 0 Å². The number of hydrogen-bond donors (Lipinski definition) is 1. The van der Waals surface area contributed by atoms with Crippen LogP contribution in [0.3, 0.4) is 0 Å². The zero-order valence-corrected chi connectivity index (χ0v) is 8.94. The highest BCUT2D eigenvalue weighted by molar-refractivity contribution is 5.81. The maximum absolute atomic E-state index is 11.4. The minimum atomic E-state index is -0.816. The largest absolute Gasteiger partial charge is 0.481 e. The Balaban J connectivity index is 3.21. The molecule has 15 heavy (non-hydrogen) atoms. The first-order chi connectivity index (χ1) is 7.17. The van der Waals surface area contributed by atoms with Crippen LogP contribution in [-0.4, -0.2) is 11.1 Å². The Hall–Kier alpha value is -1.57. The average molecular weight is 204 g/mol. The van der Waals surface area contributed by atoms with Crippen molar-refractivity contribution in [2.45, 2.75) is 25.2 Å². The molecular formula is C13H16O2. The molecule has 0 saturated carbocycles. The molecule has 1 atom stereocenters. The predicted molar refractivity (Wildman–Crippen MR) is 60.9 cm³/mol. The first-order valence-corrected chi connectivity index (χ1v) is 5.07. The van der Waals surface area contributed by atoms with E-state index in [9.17, 15) is 9.90 Å². The van der Waals surface area contributed by atoms with Gasteiger partial charge in [0.15, 0.2) is 0 Å². The Morgan fingerprint density at radius 2 is 2.07 bits per heavy atom. The summed E-state index contributed by atoms with van der Waals surface area (Å²) in [6, 6.07) is 9.35. The number of aliphatic carboxylic acids is 1. The van der Waals surface area contributed by atoms with Gasteiger partial charge in [-0.3, -0.25) is 4.79 Å². The van der Waals surface area contributed by atoms with Crippen molar-refractivity contribution >= 4 is 5.97 Å². The van der Waals surface area contributed by atoms with E-state index in [1.54, 1.807) is 6.08 Å². The third kappa shape index (κ3) is 2.09. The Kier molecular flexibility index (Phi) is 3.67. The van der Waals surface area contributed by atoms with E-state index in [1.165, 1.54) is 0 Å². The smallest absolute Gasteiger partial charge is 0.314 e. The van der Waals surface area contributed by atoms with E-state index in [0.717, 1.165) is 5.56 Å². The molecule has 1 unspecified atom stereocenters. The number of allylic oxidation sites excluding steroid dienone is 1. The second-order valence-corrected chi connectivity index (χ2v) is 3.60. The lowest BCUT2D eigenvalue weighted by atomic mass is 9.75. The molecule has 1 N–H and O–H groups in total. The van der Waals surface area contributed by atoms with E-state index >= 15 is 0 Å². The van der Waals surface area contributed by atoms with Crippen molar-refractivity contribution in [3.63, 3.8) is 0 Å². The fourth-order valence-electron chi connectivity index (χ4n) is 1.83. The lowest BCUT2D eigenvalue weighted by molar-refractivity contribution is -0.144. The molecule has 1 aromatic carbocycles. The zero-order valence-electron chi connectivity index (χ0n) is 8.94. The fourth-order valence-corrected chi connectivity index (χ4v) is 1.83. The fraction of sp³-hybridized carbons (Fsp3) is 0.308. The molecule has 1 aromatic rings. The summed E-state index contributed by atoms with van der Waals surface area (Å²) in [7, 11) is 0. The molecule has 0 aliphatic carbocycles. The van der Waals surface area contributed by atoms with Crippen LogP contribution < -0.4 is 0 Å². The maximum atomic E-state index is 11.4. The molecule has 2 heteroatoms. The first kappa shape index (κ1) is 11.5. The second-order valence-electron chi connectivity index (χ2n) is 3.60. The molecule has 0 aromatic heterocycles. The Morgan fingerprint density at radius 1 is 1.47 bits per heavy atom. The number of carboxylic acid groups (broad SMARTS) is 1. The highest BCUT2D eigenvalue weighted by atomic mass is 16.4. The SMILES string of the molecule is C=CCC(CC)(C(=O)O)c1ccccc1. The molecule has 0 radical (unpaired) electrons. The molecule has 0 fully saturated rings. The van der Waals surface area contributed by atoms with Gasteiger partial charge in [0, 0.05) is 0 Å². The molecule has 2 nitrogen and oxygen atoms in total. The number of carbonyl (C=O) groups is 1. The van der Waals surface area contributed by atoms with Crippen LogP contribution in [0.25, 0.3) is 0 Å². The van der Waals surface area contributed by atoms with E-state index in [-0.39, 0.29) is 0 Å². The summed E-state index contributed by atoms with van der Waals surface area (Å²) in [5, 5.41) is 9.36. The number of rotatable bonds is 5. The van der Waals surface area contributed by atoms with Crippen LogP contribution in [-0.2, 0) is 10.2 Å². The summed E-state index contributed by atoms with van der Waals surface area (Å²) in [6.07, 6.45) is 2.70. The summed E-state index contributed by atoms with van der Waals surface area (Å²) < 4.78 is 0. The van der Waals surface area contributed by atoms with Gasteiger partial charge in [-0.1, -0.05) is 43.3 Å². The summed E-state index contributed by atoms with van der Waals surface area (Å²) >= 11 is 0. The molecule has 0 heterocycles. The van der Waals surface area contributed by atoms with Gasteiger partial charge in [0.25, 0.3) is 0 Å². The van der Waals surface area contributed by atoms with E-state index in [1.807, 2.05) is 37.3 Å². The normalized spacial score (nSPS) is 14.2. The average Bonchev–Trinajstić information content (AvgIpc) is 2.26. The lowest BCUT2D eigenvalue weighted by Gasteiger charge is -2.27. The van der Waals surface area contributed by atoms with Crippen molar-refractivity contribution in [3.05, 3.63) is 48.6 Å².